The van der Waals surface area contributed by atoms with Crippen molar-refractivity contribution in [2.75, 3.05) is 14.2 Å². The number of ether oxygens (including phenoxy) is 2. The predicted octanol–water partition coefficient (Wildman–Crippen LogP) is 6.25. The van der Waals surface area contributed by atoms with E-state index < -0.39 is 11.9 Å². The molecule has 0 atom stereocenters. The number of allylic oxidation sites excluding steroid dienone is 3. The number of carbonyl (C=O) groups excluding carboxylic acids is 2. The third-order valence-electron chi connectivity index (χ3n) is 4.22. The van der Waals surface area contributed by atoms with Gasteiger partial charge in [0.15, 0.2) is 0 Å². The quantitative estimate of drug-likeness (QED) is 0.221. The van der Waals surface area contributed by atoms with Gasteiger partial charge in [-0.3, -0.25) is 0 Å². The lowest BCUT2D eigenvalue weighted by Crippen LogP contribution is -2.13. The number of hydrogen-bond donors (Lipinski definition) is 0. The zero-order valence-corrected chi connectivity index (χ0v) is 18.5. The van der Waals surface area contributed by atoms with Gasteiger partial charge in [0.2, 0.25) is 0 Å². The molecular weight excluding hydrogens is 364 g/mol. The van der Waals surface area contributed by atoms with Crippen LogP contribution in [0.5, 0.6) is 0 Å². The molecule has 0 rings (SSSR count). The summed E-state index contributed by atoms with van der Waals surface area (Å²) in [6.07, 6.45) is 8.00. The van der Waals surface area contributed by atoms with E-state index in [1.54, 1.807) is 0 Å². The third-order valence-corrected chi connectivity index (χ3v) is 4.64. The Kier molecular flexibility index (Phi) is 13.7. The number of methoxy groups -OCH3 is 2. The average Bonchev–Trinajstić information content (AvgIpc) is 2.66. The molecule has 0 N–H and O–H groups in total. The van der Waals surface area contributed by atoms with Crippen molar-refractivity contribution in [2.24, 2.45) is 0 Å². The molecule has 5 heteroatoms. The molecule has 154 valence electrons. The summed E-state index contributed by atoms with van der Waals surface area (Å²) >= 11 is 6.67. The number of hydrogen-bond acceptors (Lipinski definition) is 4. The summed E-state index contributed by atoms with van der Waals surface area (Å²) in [6, 6.07) is 0. The van der Waals surface area contributed by atoms with E-state index in [0.717, 1.165) is 66.7 Å². The maximum atomic E-state index is 12.5. The molecule has 0 saturated heterocycles. The molecule has 0 aromatic carbocycles. The Bertz CT molecular complexity index is 585. The van der Waals surface area contributed by atoms with E-state index in [-0.39, 0.29) is 5.57 Å². The molecule has 0 aliphatic carbocycles. The molecule has 0 aromatic heterocycles. The fourth-order valence-electron chi connectivity index (χ4n) is 3.06. The standard InChI is InChI=1S/C22H35ClO4/c1-7-11-16(18(13-9-3)20(23)14-10-4)17(12-8-2)19(22(25)27-6)15-21(24)26-5/h15H,7-14H2,1-6H3/b17-16-,19-15-,20-18-. The summed E-state index contributed by atoms with van der Waals surface area (Å²) in [6.45, 7) is 8.36. The summed E-state index contributed by atoms with van der Waals surface area (Å²) in [5.74, 6) is -1.10. The zero-order chi connectivity index (χ0) is 20.8. The molecule has 0 spiro atoms. The average molecular weight is 399 g/mol. The Morgan fingerprint density at radius 2 is 1.22 bits per heavy atom. The van der Waals surface area contributed by atoms with Gasteiger partial charge in [-0.2, -0.15) is 0 Å². The van der Waals surface area contributed by atoms with Crippen molar-refractivity contribution in [3.63, 3.8) is 0 Å². The molecule has 27 heavy (non-hydrogen) atoms. The molecule has 0 saturated carbocycles. The molecule has 0 aliphatic rings. The molecular formula is C22H35ClO4. The van der Waals surface area contributed by atoms with Gasteiger partial charge < -0.3 is 9.47 Å². The van der Waals surface area contributed by atoms with Crippen LogP contribution in [0.15, 0.2) is 33.4 Å². The van der Waals surface area contributed by atoms with Crippen molar-refractivity contribution < 1.29 is 19.1 Å². The van der Waals surface area contributed by atoms with Gasteiger partial charge >= 0.3 is 11.9 Å². The van der Waals surface area contributed by atoms with E-state index in [2.05, 4.69) is 20.8 Å². The largest absolute Gasteiger partial charge is 0.466 e. The first-order valence-corrected chi connectivity index (χ1v) is 10.3. The van der Waals surface area contributed by atoms with Crippen LogP contribution in [0.2, 0.25) is 0 Å². The smallest absolute Gasteiger partial charge is 0.338 e. The lowest BCUT2D eigenvalue weighted by molar-refractivity contribution is -0.138. The normalized spacial score (nSPS) is 13.7. The highest BCUT2D eigenvalue weighted by molar-refractivity contribution is 6.30. The van der Waals surface area contributed by atoms with Gasteiger partial charge in [-0.15, -0.1) is 0 Å². The minimum Gasteiger partial charge on any atom is -0.466 e. The Labute approximate surface area is 169 Å². The SMILES string of the molecule is CCC/C(Cl)=C(CCC)/C(CCC)=C(CCC)\C(=C\C(=O)OC)C(=O)OC. The molecule has 4 nitrogen and oxygen atoms in total. The summed E-state index contributed by atoms with van der Waals surface area (Å²) in [5, 5.41) is 0.846. The summed E-state index contributed by atoms with van der Waals surface area (Å²) in [7, 11) is 2.62. The Balaban J connectivity index is 6.80. The number of esters is 2. The monoisotopic (exact) mass is 398 g/mol. The fourth-order valence-corrected chi connectivity index (χ4v) is 3.46. The molecule has 0 unspecified atom stereocenters. The van der Waals surface area contributed by atoms with E-state index >= 15 is 0 Å². The molecule has 0 aromatic rings. The minimum atomic E-state index is -0.569. The lowest BCUT2D eigenvalue weighted by atomic mass is 9.86. The molecule has 0 bridgehead atoms. The second kappa shape index (κ2) is 14.5. The van der Waals surface area contributed by atoms with Gasteiger partial charge in [0.25, 0.3) is 0 Å². The van der Waals surface area contributed by atoms with Crippen LogP contribution >= 0.6 is 11.6 Å². The Morgan fingerprint density at radius 1 is 0.741 bits per heavy atom. The summed E-state index contributed by atoms with van der Waals surface area (Å²) in [4.78, 5) is 24.4. The highest BCUT2D eigenvalue weighted by Gasteiger charge is 2.23. The van der Waals surface area contributed by atoms with Crippen LogP contribution in [-0.4, -0.2) is 26.2 Å². The van der Waals surface area contributed by atoms with Crippen molar-refractivity contribution in [1.82, 2.24) is 0 Å². The lowest BCUT2D eigenvalue weighted by Gasteiger charge is -2.21. The van der Waals surface area contributed by atoms with Crippen molar-refractivity contribution in [3.8, 4) is 0 Å². The van der Waals surface area contributed by atoms with Crippen molar-refractivity contribution in [2.45, 2.75) is 79.1 Å². The van der Waals surface area contributed by atoms with E-state index in [0.29, 0.717) is 6.42 Å². The number of halogens is 1. The van der Waals surface area contributed by atoms with Crippen LogP contribution in [0.25, 0.3) is 0 Å². The highest BCUT2D eigenvalue weighted by atomic mass is 35.5. The second-order valence-corrected chi connectivity index (χ2v) is 6.87. The van der Waals surface area contributed by atoms with E-state index in [9.17, 15) is 9.59 Å². The molecule has 0 aliphatic heterocycles. The van der Waals surface area contributed by atoms with Gasteiger partial charge in [0, 0.05) is 11.1 Å². The maximum Gasteiger partial charge on any atom is 0.338 e. The van der Waals surface area contributed by atoms with Crippen LogP contribution in [0.3, 0.4) is 0 Å². The highest BCUT2D eigenvalue weighted by Crippen LogP contribution is 2.35. The van der Waals surface area contributed by atoms with Crippen molar-refractivity contribution >= 4 is 23.5 Å². The van der Waals surface area contributed by atoms with E-state index in [4.69, 9.17) is 21.1 Å². The molecule has 0 amide bonds. The first kappa shape index (κ1) is 25.4. The summed E-state index contributed by atoms with van der Waals surface area (Å²) in [5.41, 5.74) is 3.28. The first-order chi connectivity index (χ1) is 12.9. The minimum absolute atomic E-state index is 0.268. The van der Waals surface area contributed by atoms with Crippen LogP contribution in [0.1, 0.15) is 79.1 Å². The van der Waals surface area contributed by atoms with Crippen LogP contribution in [0, 0.1) is 0 Å². The Hall–Kier alpha value is -1.55. The number of rotatable bonds is 12. The van der Waals surface area contributed by atoms with Crippen molar-refractivity contribution in [1.29, 1.82) is 0 Å². The third kappa shape index (κ3) is 8.34. The van der Waals surface area contributed by atoms with Gasteiger partial charge in [0.05, 0.1) is 19.8 Å². The van der Waals surface area contributed by atoms with Gasteiger partial charge in [-0.25, -0.2) is 9.59 Å². The van der Waals surface area contributed by atoms with Gasteiger partial charge in [0.1, 0.15) is 0 Å². The second-order valence-electron chi connectivity index (χ2n) is 6.41. The van der Waals surface area contributed by atoms with Gasteiger partial charge in [-0.05, 0) is 42.4 Å². The van der Waals surface area contributed by atoms with Crippen LogP contribution < -0.4 is 0 Å². The predicted molar refractivity (Wildman–Crippen MR) is 112 cm³/mol. The fraction of sp³-hybridized carbons (Fsp3) is 0.636. The van der Waals surface area contributed by atoms with Crippen LogP contribution in [-0.2, 0) is 19.1 Å². The molecule has 0 radical (unpaired) electrons. The number of carbonyl (C=O) groups is 2. The summed E-state index contributed by atoms with van der Waals surface area (Å²) < 4.78 is 9.72. The van der Waals surface area contributed by atoms with E-state index in [1.807, 2.05) is 6.92 Å². The van der Waals surface area contributed by atoms with Gasteiger partial charge in [-0.1, -0.05) is 65.0 Å². The maximum absolute atomic E-state index is 12.5. The van der Waals surface area contributed by atoms with E-state index in [1.165, 1.54) is 20.3 Å². The van der Waals surface area contributed by atoms with Crippen molar-refractivity contribution in [3.05, 3.63) is 33.4 Å². The zero-order valence-electron chi connectivity index (χ0n) is 17.7. The Morgan fingerprint density at radius 3 is 1.67 bits per heavy atom. The van der Waals surface area contributed by atoms with Crippen LogP contribution in [0.4, 0.5) is 0 Å². The first-order valence-electron chi connectivity index (χ1n) is 9.89. The molecule has 0 fully saturated rings. The molecule has 0 heterocycles. The topological polar surface area (TPSA) is 52.6 Å².